The van der Waals surface area contributed by atoms with Crippen LogP contribution >= 0.6 is 23.1 Å². The molecule has 1 aromatic rings. The minimum Gasteiger partial charge on any atom is -0.391 e. The third kappa shape index (κ3) is 3.41. The van der Waals surface area contributed by atoms with Crippen molar-refractivity contribution in [1.29, 1.82) is 0 Å². The predicted molar refractivity (Wildman–Crippen MR) is 60.0 cm³/mol. The van der Waals surface area contributed by atoms with Crippen LogP contribution in [0.5, 0.6) is 0 Å². The van der Waals surface area contributed by atoms with Crippen LogP contribution in [-0.2, 0) is 0 Å². The highest BCUT2D eigenvalue weighted by atomic mass is 32.2. The predicted octanol–water partition coefficient (Wildman–Crippen LogP) is 0.0158. The van der Waals surface area contributed by atoms with Crippen molar-refractivity contribution in [3.63, 3.8) is 0 Å². The maximum atomic E-state index is 9.24. The van der Waals surface area contributed by atoms with Gasteiger partial charge in [-0.15, -0.1) is 10.2 Å². The number of aliphatic hydroxyl groups is 1. The Morgan fingerprint density at radius 3 is 2.79 bits per heavy atom. The largest absolute Gasteiger partial charge is 0.391 e. The Kier molecular flexibility index (Phi) is 4.59. The van der Waals surface area contributed by atoms with E-state index in [4.69, 9.17) is 5.73 Å². The lowest BCUT2D eigenvalue weighted by molar-refractivity contribution is 0.208. The Morgan fingerprint density at radius 1 is 1.57 bits per heavy atom. The van der Waals surface area contributed by atoms with E-state index in [-0.39, 0.29) is 6.54 Å². The van der Waals surface area contributed by atoms with Gasteiger partial charge in [0, 0.05) is 26.4 Å². The van der Waals surface area contributed by atoms with Crippen molar-refractivity contribution in [3.8, 4) is 0 Å². The van der Waals surface area contributed by atoms with Gasteiger partial charge in [0.2, 0.25) is 5.13 Å². The molecule has 1 atom stereocenters. The lowest BCUT2D eigenvalue weighted by Crippen LogP contribution is -2.21. The van der Waals surface area contributed by atoms with Crippen molar-refractivity contribution < 1.29 is 5.11 Å². The number of nitrogens with two attached hydrogens (primary N) is 1. The molecule has 80 valence electrons. The standard InChI is InChI=1S/C7H14N4OS2/c1-11(2)6-9-10-7(14-6)13-4-5(12)3-8/h5,12H,3-4,8H2,1-2H3. The quantitative estimate of drug-likeness (QED) is 0.699. The van der Waals surface area contributed by atoms with Gasteiger partial charge in [-0.3, -0.25) is 0 Å². The summed E-state index contributed by atoms with van der Waals surface area (Å²) in [5.74, 6) is 0.568. The van der Waals surface area contributed by atoms with Gasteiger partial charge in [0.15, 0.2) is 4.34 Å². The van der Waals surface area contributed by atoms with Gasteiger partial charge in [-0.1, -0.05) is 23.1 Å². The zero-order chi connectivity index (χ0) is 10.6. The number of rotatable bonds is 5. The Labute approximate surface area is 91.3 Å². The van der Waals surface area contributed by atoms with Gasteiger partial charge >= 0.3 is 0 Å². The average Bonchev–Trinajstić information content (AvgIpc) is 2.62. The molecule has 0 aliphatic heterocycles. The first-order chi connectivity index (χ1) is 6.63. The first-order valence-corrected chi connectivity index (χ1v) is 5.95. The Hall–Kier alpha value is -0.370. The van der Waals surface area contributed by atoms with E-state index >= 15 is 0 Å². The molecule has 0 spiro atoms. The van der Waals surface area contributed by atoms with Gasteiger partial charge in [-0.05, 0) is 0 Å². The number of hydrogen-bond acceptors (Lipinski definition) is 7. The fraction of sp³-hybridized carbons (Fsp3) is 0.714. The summed E-state index contributed by atoms with van der Waals surface area (Å²) in [4.78, 5) is 1.90. The summed E-state index contributed by atoms with van der Waals surface area (Å²) >= 11 is 2.99. The van der Waals surface area contributed by atoms with Crippen molar-refractivity contribution in [2.45, 2.75) is 10.4 Å². The van der Waals surface area contributed by atoms with Crippen LogP contribution in [0.15, 0.2) is 4.34 Å². The summed E-state index contributed by atoms with van der Waals surface area (Å²) in [7, 11) is 3.84. The van der Waals surface area contributed by atoms with Crippen LogP contribution in [0.3, 0.4) is 0 Å². The van der Waals surface area contributed by atoms with E-state index < -0.39 is 6.10 Å². The minimum absolute atomic E-state index is 0.284. The van der Waals surface area contributed by atoms with Gasteiger partial charge in [0.25, 0.3) is 0 Å². The summed E-state index contributed by atoms with van der Waals surface area (Å²) in [6, 6.07) is 0. The van der Waals surface area contributed by atoms with Crippen LogP contribution in [0.25, 0.3) is 0 Å². The number of aromatic nitrogens is 2. The molecule has 0 saturated carbocycles. The van der Waals surface area contributed by atoms with E-state index in [1.165, 1.54) is 23.1 Å². The van der Waals surface area contributed by atoms with E-state index in [0.717, 1.165) is 9.47 Å². The van der Waals surface area contributed by atoms with Crippen LogP contribution in [-0.4, -0.2) is 47.8 Å². The number of anilines is 1. The zero-order valence-electron chi connectivity index (χ0n) is 8.17. The average molecular weight is 234 g/mol. The van der Waals surface area contributed by atoms with Crippen molar-refractivity contribution >= 4 is 28.2 Å². The molecule has 1 aromatic heterocycles. The second kappa shape index (κ2) is 5.50. The topological polar surface area (TPSA) is 75.3 Å². The molecule has 0 amide bonds. The molecule has 0 aliphatic rings. The fourth-order valence-corrected chi connectivity index (χ4v) is 2.41. The SMILES string of the molecule is CN(C)c1nnc(SCC(O)CN)s1. The van der Waals surface area contributed by atoms with Crippen LogP contribution in [0.2, 0.25) is 0 Å². The smallest absolute Gasteiger partial charge is 0.208 e. The number of nitrogens with zero attached hydrogens (tertiary/aromatic N) is 3. The molecule has 7 heteroatoms. The van der Waals surface area contributed by atoms with Gasteiger partial charge in [0.05, 0.1) is 6.10 Å². The molecule has 3 N–H and O–H groups in total. The molecule has 1 rings (SSSR count). The normalized spacial score (nSPS) is 12.9. The molecule has 0 bridgehead atoms. The molecule has 14 heavy (non-hydrogen) atoms. The number of aliphatic hydroxyl groups excluding tert-OH is 1. The molecule has 0 saturated heterocycles. The van der Waals surface area contributed by atoms with Crippen molar-refractivity contribution in [3.05, 3.63) is 0 Å². The third-order valence-electron chi connectivity index (χ3n) is 1.45. The Balaban J connectivity index is 2.44. The van der Waals surface area contributed by atoms with Crippen LogP contribution in [0.4, 0.5) is 5.13 Å². The highest BCUT2D eigenvalue weighted by Gasteiger charge is 2.08. The van der Waals surface area contributed by atoms with Gasteiger partial charge in [-0.2, -0.15) is 0 Å². The van der Waals surface area contributed by atoms with Crippen LogP contribution in [0.1, 0.15) is 0 Å². The molecular formula is C7H14N4OS2. The van der Waals surface area contributed by atoms with E-state index in [1.807, 2.05) is 19.0 Å². The molecule has 0 fully saturated rings. The van der Waals surface area contributed by atoms with E-state index in [9.17, 15) is 5.11 Å². The van der Waals surface area contributed by atoms with Crippen molar-refractivity contribution in [2.24, 2.45) is 5.73 Å². The number of hydrogen-bond donors (Lipinski definition) is 2. The molecule has 5 nitrogen and oxygen atoms in total. The maximum Gasteiger partial charge on any atom is 0.208 e. The maximum absolute atomic E-state index is 9.24. The fourth-order valence-electron chi connectivity index (χ4n) is 0.677. The molecule has 0 aliphatic carbocycles. The second-order valence-electron chi connectivity index (χ2n) is 2.95. The molecular weight excluding hydrogens is 220 g/mol. The monoisotopic (exact) mass is 234 g/mol. The van der Waals surface area contributed by atoms with E-state index in [0.29, 0.717) is 5.75 Å². The van der Waals surface area contributed by atoms with Gasteiger partial charge < -0.3 is 15.7 Å². The summed E-state index contributed by atoms with van der Waals surface area (Å²) in [5, 5.41) is 18.1. The minimum atomic E-state index is -0.466. The van der Waals surface area contributed by atoms with Crippen LogP contribution < -0.4 is 10.6 Å². The molecule has 1 heterocycles. The Morgan fingerprint density at radius 2 is 2.29 bits per heavy atom. The molecule has 0 aromatic carbocycles. The lowest BCUT2D eigenvalue weighted by Gasteiger charge is -2.04. The summed E-state index contributed by atoms with van der Waals surface area (Å²) in [6.45, 7) is 0.284. The van der Waals surface area contributed by atoms with Gasteiger partial charge in [0.1, 0.15) is 0 Å². The summed E-state index contributed by atoms with van der Waals surface area (Å²) in [5.41, 5.74) is 5.29. The first-order valence-electron chi connectivity index (χ1n) is 4.15. The van der Waals surface area contributed by atoms with Crippen molar-refractivity contribution in [2.75, 3.05) is 31.3 Å². The van der Waals surface area contributed by atoms with Gasteiger partial charge in [-0.25, -0.2) is 0 Å². The summed E-state index contributed by atoms with van der Waals surface area (Å²) < 4.78 is 0.862. The highest BCUT2D eigenvalue weighted by Crippen LogP contribution is 2.26. The lowest BCUT2D eigenvalue weighted by atomic mass is 10.4. The van der Waals surface area contributed by atoms with Crippen molar-refractivity contribution in [1.82, 2.24) is 10.2 Å². The van der Waals surface area contributed by atoms with Crippen LogP contribution in [0, 0.1) is 0 Å². The molecule has 0 radical (unpaired) electrons. The highest BCUT2D eigenvalue weighted by molar-refractivity contribution is 8.01. The van der Waals surface area contributed by atoms with E-state index in [2.05, 4.69) is 10.2 Å². The Bertz CT molecular complexity index is 278. The van der Waals surface area contributed by atoms with E-state index in [1.54, 1.807) is 0 Å². The number of thioether (sulfide) groups is 1. The third-order valence-corrected chi connectivity index (χ3v) is 3.82. The first kappa shape index (κ1) is 11.7. The second-order valence-corrected chi connectivity index (χ2v) is 5.17. The zero-order valence-corrected chi connectivity index (χ0v) is 9.81. The molecule has 1 unspecified atom stereocenters. The summed E-state index contributed by atoms with van der Waals surface area (Å²) in [6.07, 6.45) is -0.466.